The van der Waals surface area contributed by atoms with Crippen LogP contribution in [0.25, 0.3) is 0 Å². The summed E-state index contributed by atoms with van der Waals surface area (Å²) >= 11 is 0. The van der Waals surface area contributed by atoms with E-state index in [1.165, 1.54) is 7.05 Å². The van der Waals surface area contributed by atoms with Crippen LogP contribution in [0.2, 0.25) is 0 Å². The first-order valence-corrected chi connectivity index (χ1v) is 7.30. The minimum atomic E-state index is -0.320. The smallest absolute Gasteiger partial charge is 0.239 e. The molecule has 120 valence electrons. The first-order chi connectivity index (χ1) is 10.6. The molecule has 1 aromatic carbocycles. The Balaban J connectivity index is 2.38. The molecule has 0 heterocycles. The van der Waals surface area contributed by atoms with Gasteiger partial charge in [-0.25, -0.2) is 0 Å². The molecule has 0 radical (unpaired) electrons. The summed E-state index contributed by atoms with van der Waals surface area (Å²) in [6, 6.07) is 6.87. The Morgan fingerprint density at radius 1 is 1.05 bits per heavy atom. The Labute approximate surface area is 130 Å². The highest BCUT2D eigenvalue weighted by Gasteiger charge is 2.10. The van der Waals surface area contributed by atoms with Gasteiger partial charge >= 0.3 is 0 Å². The highest BCUT2D eigenvalue weighted by molar-refractivity contribution is 5.98. The number of rotatable bonds is 9. The molecule has 6 nitrogen and oxygen atoms in total. The molecule has 0 bridgehead atoms. The van der Waals surface area contributed by atoms with E-state index in [2.05, 4.69) is 10.6 Å². The molecule has 0 aliphatic heterocycles. The van der Waals surface area contributed by atoms with Crippen LogP contribution in [0.3, 0.4) is 0 Å². The molecular formula is C16H22N2O4. The maximum Gasteiger partial charge on any atom is 0.239 e. The SMILES string of the molecule is CCCOc1ccc(C(=O)CCC(=O)NCC(=O)NC)cc1. The molecule has 0 aromatic heterocycles. The predicted molar refractivity (Wildman–Crippen MR) is 82.9 cm³/mol. The van der Waals surface area contributed by atoms with Crippen molar-refractivity contribution in [2.75, 3.05) is 20.2 Å². The molecule has 22 heavy (non-hydrogen) atoms. The van der Waals surface area contributed by atoms with Gasteiger partial charge in [-0.2, -0.15) is 0 Å². The Morgan fingerprint density at radius 3 is 2.32 bits per heavy atom. The van der Waals surface area contributed by atoms with E-state index in [-0.39, 0.29) is 37.0 Å². The Morgan fingerprint density at radius 2 is 1.73 bits per heavy atom. The second-order valence-electron chi connectivity index (χ2n) is 4.75. The van der Waals surface area contributed by atoms with E-state index < -0.39 is 0 Å². The Hall–Kier alpha value is -2.37. The van der Waals surface area contributed by atoms with E-state index in [1.54, 1.807) is 24.3 Å². The number of likely N-dealkylation sites (N-methyl/N-ethyl adjacent to an activating group) is 1. The van der Waals surface area contributed by atoms with Gasteiger partial charge in [-0.05, 0) is 30.7 Å². The van der Waals surface area contributed by atoms with E-state index in [1.807, 2.05) is 6.92 Å². The highest BCUT2D eigenvalue weighted by atomic mass is 16.5. The lowest BCUT2D eigenvalue weighted by atomic mass is 10.1. The topological polar surface area (TPSA) is 84.5 Å². The predicted octanol–water partition coefficient (Wildman–Crippen LogP) is 1.30. The third-order valence-electron chi connectivity index (χ3n) is 2.95. The Bertz CT molecular complexity index is 511. The zero-order valence-electron chi connectivity index (χ0n) is 13.0. The zero-order chi connectivity index (χ0) is 16.4. The fraction of sp³-hybridized carbons (Fsp3) is 0.438. The van der Waals surface area contributed by atoms with Crippen molar-refractivity contribution < 1.29 is 19.1 Å². The fourth-order valence-electron chi connectivity index (χ4n) is 1.68. The number of Topliss-reactive ketones (excluding diaryl/α,β-unsaturated/α-hetero) is 1. The maximum atomic E-state index is 12.0. The van der Waals surface area contributed by atoms with Crippen molar-refractivity contribution in [3.63, 3.8) is 0 Å². The third-order valence-corrected chi connectivity index (χ3v) is 2.95. The van der Waals surface area contributed by atoms with Gasteiger partial charge < -0.3 is 15.4 Å². The number of hydrogen-bond acceptors (Lipinski definition) is 4. The summed E-state index contributed by atoms with van der Waals surface area (Å²) < 4.78 is 5.44. The van der Waals surface area contributed by atoms with Crippen molar-refractivity contribution in [1.82, 2.24) is 10.6 Å². The number of ketones is 1. The monoisotopic (exact) mass is 306 g/mol. The first-order valence-electron chi connectivity index (χ1n) is 7.30. The molecule has 0 saturated carbocycles. The number of ether oxygens (including phenoxy) is 1. The van der Waals surface area contributed by atoms with Crippen molar-refractivity contribution in [2.24, 2.45) is 0 Å². The van der Waals surface area contributed by atoms with Gasteiger partial charge in [0.1, 0.15) is 5.75 Å². The van der Waals surface area contributed by atoms with Crippen LogP contribution in [0.5, 0.6) is 5.75 Å². The van der Waals surface area contributed by atoms with E-state index >= 15 is 0 Å². The molecule has 0 unspecified atom stereocenters. The molecule has 0 saturated heterocycles. The second-order valence-corrected chi connectivity index (χ2v) is 4.75. The number of amides is 2. The lowest BCUT2D eigenvalue weighted by Crippen LogP contribution is -2.35. The van der Waals surface area contributed by atoms with E-state index in [4.69, 9.17) is 4.74 Å². The van der Waals surface area contributed by atoms with E-state index in [0.29, 0.717) is 12.2 Å². The van der Waals surface area contributed by atoms with Crippen LogP contribution in [0.15, 0.2) is 24.3 Å². The van der Waals surface area contributed by atoms with E-state index in [0.717, 1.165) is 12.2 Å². The number of hydrogen-bond donors (Lipinski definition) is 2. The average Bonchev–Trinajstić information content (AvgIpc) is 2.55. The van der Waals surface area contributed by atoms with E-state index in [9.17, 15) is 14.4 Å². The quantitative estimate of drug-likeness (QED) is 0.674. The summed E-state index contributed by atoms with van der Waals surface area (Å²) in [6.45, 7) is 2.58. The fourth-order valence-corrected chi connectivity index (χ4v) is 1.68. The van der Waals surface area contributed by atoms with Crippen LogP contribution >= 0.6 is 0 Å². The molecule has 6 heteroatoms. The normalized spacial score (nSPS) is 9.91. The van der Waals surface area contributed by atoms with Gasteiger partial charge in [-0.3, -0.25) is 14.4 Å². The van der Waals surface area contributed by atoms with Gasteiger partial charge in [0, 0.05) is 25.5 Å². The average molecular weight is 306 g/mol. The number of benzene rings is 1. The van der Waals surface area contributed by atoms with Crippen molar-refractivity contribution >= 4 is 17.6 Å². The van der Waals surface area contributed by atoms with Crippen molar-refractivity contribution in [3.8, 4) is 5.75 Å². The van der Waals surface area contributed by atoms with Crippen LogP contribution in [0.4, 0.5) is 0 Å². The summed E-state index contributed by atoms with van der Waals surface area (Å²) in [6.07, 6.45) is 1.09. The van der Waals surface area contributed by atoms with Crippen molar-refractivity contribution in [2.45, 2.75) is 26.2 Å². The first kappa shape index (κ1) is 17.7. The molecule has 2 amide bonds. The molecule has 0 aliphatic carbocycles. The molecule has 1 aromatic rings. The molecule has 0 spiro atoms. The van der Waals surface area contributed by atoms with Crippen LogP contribution in [0, 0.1) is 0 Å². The molecule has 0 atom stereocenters. The number of carbonyl (C=O) groups is 3. The molecule has 2 N–H and O–H groups in total. The summed E-state index contributed by atoms with van der Waals surface area (Å²) in [7, 11) is 1.49. The standard InChI is InChI=1S/C16H22N2O4/c1-3-10-22-13-6-4-12(5-7-13)14(19)8-9-15(20)18-11-16(21)17-2/h4-7H,3,8-11H2,1-2H3,(H,17,21)(H,18,20). The van der Waals surface area contributed by atoms with Crippen molar-refractivity contribution in [1.29, 1.82) is 0 Å². The highest BCUT2D eigenvalue weighted by Crippen LogP contribution is 2.14. The molecule has 1 rings (SSSR count). The maximum absolute atomic E-state index is 12.0. The van der Waals surface area contributed by atoms with Crippen LogP contribution in [0.1, 0.15) is 36.5 Å². The molecular weight excluding hydrogens is 284 g/mol. The minimum Gasteiger partial charge on any atom is -0.494 e. The number of carbonyl (C=O) groups excluding carboxylic acids is 3. The summed E-state index contributed by atoms with van der Waals surface area (Å²) in [4.78, 5) is 34.5. The Kier molecular flexibility index (Phi) is 7.67. The summed E-state index contributed by atoms with van der Waals surface area (Å²) in [5, 5.41) is 4.85. The van der Waals surface area contributed by atoms with Crippen LogP contribution < -0.4 is 15.4 Å². The lowest BCUT2D eigenvalue weighted by Gasteiger charge is -2.06. The van der Waals surface area contributed by atoms with Gasteiger partial charge in [-0.15, -0.1) is 0 Å². The third kappa shape index (κ3) is 6.39. The van der Waals surface area contributed by atoms with Gasteiger partial charge in [0.15, 0.2) is 5.78 Å². The minimum absolute atomic E-state index is 0.0594. The summed E-state index contributed by atoms with van der Waals surface area (Å²) in [5.74, 6) is 0.0149. The van der Waals surface area contributed by atoms with Gasteiger partial charge in [-0.1, -0.05) is 6.92 Å². The van der Waals surface area contributed by atoms with Gasteiger partial charge in [0.05, 0.1) is 13.2 Å². The molecule has 0 aliphatic rings. The largest absolute Gasteiger partial charge is 0.494 e. The van der Waals surface area contributed by atoms with Gasteiger partial charge in [0.25, 0.3) is 0 Å². The van der Waals surface area contributed by atoms with Crippen LogP contribution in [-0.2, 0) is 9.59 Å². The van der Waals surface area contributed by atoms with Crippen molar-refractivity contribution in [3.05, 3.63) is 29.8 Å². The van der Waals surface area contributed by atoms with Gasteiger partial charge in [0.2, 0.25) is 11.8 Å². The second kappa shape index (κ2) is 9.55. The zero-order valence-corrected chi connectivity index (χ0v) is 13.0. The lowest BCUT2D eigenvalue weighted by molar-refractivity contribution is -0.125. The summed E-state index contributed by atoms with van der Waals surface area (Å²) in [5.41, 5.74) is 0.544. The number of nitrogens with one attached hydrogen (secondary N) is 2. The molecule has 0 fully saturated rings. The van der Waals surface area contributed by atoms with Crippen LogP contribution in [-0.4, -0.2) is 37.8 Å².